The van der Waals surface area contributed by atoms with Crippen molar-refractivity contribution in [2.24, 2.45) is 0 Å². The Morgan fingerprint density at radius 2 is 2.00 bits per heavy atom. The Labute approximate surface area is 139 Å². The van der Waals surface area contributed by atoms with Gasteiger partial charge in [-0.2, -0.15) is 5.10 Å². The maximum absolute atomic E-state index is 12.5. The van der Waals surface area contributed by atoms with Crippen molar-refractivity contribution in [2.75, 3.05) is 7.05 Å². The molecule has 0 bridgehead atoms. The van der Waals surface area contributed by atoms with Crippen LogP contribution < -0.4 is 0 Å². The average molecular weight is 323 g/mol. The molecular weight excluding hydrogens is 306 g/mol. The molecule has 0 fully saturated rings. The Hall–Kier alpha value is -3.22. The first kappa shape index (κ1) is 15.7. The molecular formula is C17H17N5O2. The third-order valence-corrected chi connectivity index (χ3v) is 3.95. The Bertz CT molecular complexity index is 830. The number of nitrogens with zero attached hydrogens (tertiary/aromatic N) is 5. The maximum atomic E-state index is 12.5. The quantitative estimate of drug-likeness (QED) is 0.795. The van der Waals surface area contributed by atoms with Gasteiger partial charge in [-0.3, -0.25) is 4.79 Å². The van der Waals surface area contributed by atoms with Crippen LogP contribution in [0, 0.1) is 0 Å². The lowest BCUT2D eigenvalue weighted by Gasteiger charge is -2.25. The molecule has 1 atom stereocenters. The molecule has 0 unspecified atom stereocenters. The van der Waals surface area contributed by atoms with Crippen LogP contribution in [0.4, 0.5) is 0 Å². The predicted octanol–water partition coefficient (Wildman–Crippen LogP) is 2.20. The van der Waals surface area contributed by atoms with Gasteiger partial charge >= 0.3 is 0 Å². The maximum Gasteiger partial charge on any atom is 0.276 e. The number of pyridine rings is 1. The second-order valence-corrected chi connectivity index (χ2v) is 5.39. The molecule has 7 nitrogen and oxygen atoms in total. The van der Waals surface area contributed by atoms with Gasteiger partial charge in [0, 0.05) is 13.2 Å². The number of aromatic nitrogens is 4. The van der Waals surface area contributed by atoms with Gasteiger partial charge in [-0.15, -0.1) is 0 Å². The smallest absolute Gasteiger partial charge is 0.276 e. The molecule has 1 aromatic carbocycles. The minimum Gasteiger partial charge on any atom is -0.505 e. The first-order valence-corrected chi connectivity index (χ1v) is 7.44. The molecule has 0 saturated carbocycles. The van der Waals surface area contributed by atoms with E-state index in [1.54, 1.807) is 29.0 Å². The fourth-order valence-electron chi connectivity index (χ4n) is 2.38. The van der Waals surface area contributed by atoms with Gasteiger partial charge in [0.15, 0.2) is 5.69 Å². The molecule has 2 heterocycles. The highest BCUT2D eigenvalue weighted by molar-refractivity contribution is 5.94. The topological polar surface area (TPSA) is 84.1 Å². The van der Waals surface area contributed by atoms with Gasteiger partial charge in [-0.25, -0.2) is 14.6 Å². The van der Waals surface area contributed by atoms with E-state index < -0.39 is 0 Å². The number of hydrogen-bond donors (Lipinski definition) is 1. The molecule has 0 aliphatic rings. The van der Waals surface area contributed by atoms with Crippen LogP contribution in [0.3, 0.4) is 0 Å². The van der Waals surface area contributed by atoms with Crippen molar-refractivity contribution in [3.63, 3.8) is 0 Å². The van der Waals surface area contributed by atoms with Crippen LogP contribution in [-0.2, 0) is 0 Å². The standard InChI is InChI=1S/C17H17N5O2/c1-12(21(2)17(24)16-15(23)4-3-9-19-16)13-5-7-14(8-6-13)22-11-18-10-20-22/h3-12,23H,1-2H3/t12-/m1/s1. The summed E-state index contributed by atoms with van der Waals surface area (Å²) in [4.78, 5) is 21.9. The van der Waals surface area contributed by atoms with Crippen molar-refractivity contribution in [2.45, 2.75) is 13.0 Å². The molecule has 1 N–H and O–H groups in total. The second kappa shape index (κ2) is 6.49. The van der Waals surface area contributed by atoms with Gasteiger partial charge in [0.05, 0.1) is 11.7 Å². The summed E-state index contributed by atoms with van der Waals surface area (Å²) < 4.78 is 1.66. The Kier molecular flexibility index (Phi) is 4.24. The molecule has 122 valence electrons. The zero-order valence-electron chi connectivity index (χ0n) is 13.4. The minimum atomic E-state index is -0.332. The lowest BCUT2D eigenvalue weighted by atomic mass is 10.1. The molecule has 2 aromatic heterocycles. The molecule has 3 aromatic rings. The van der Waals surface area contributed by atoms with Crippen LogP contribution in [-0.4, -0.2) is 42.7 Å². The Balaban J connectivity index is 1.79. The Morgan fingerprint density at radius 1 is 1.25 bits per heavy atom. The summed E-state index contributed by atoms with van der Waals surface area (Å²) >= 11 is 0. The van der Waals surface area contributed by atoms with Crippen LogP contribution in [0.2, 0.25) is 0 Å². The van der Waals surface area contributed by atoms with Gasteiger partial charge in [-0.1, -0.05) is 12.1 Å². The van der Waals surface area contributed by atoms with Gasteiger partial charge in [0.2, 0.25) is 0 Å². The SMILES string of the molecule is C[C@H](c1ccc(-n2cncn2)cc1)N(C)C(=O)c1ncccc1O. The van der Waals surface area contributed by atoms with Crippen LogP contribution >= 0.6 is 0 Å². The molecule has 0 aliphatic heterocycles. The molecule has 24 heavy (non-hydrogen) atoms. The van der Waals surface area contributed by atoms with E-state index in [1.165, 1.54) is 18.6 Å². The third kappa shape index (κ3) is 2.96. The van der Waals surface area contributed by atoms with E-state index in [2.05, 4.69) is 15.1 Å². The van der Waals surface area contributed by atoms with Gasteiger partial charge in [0.25, 0.3) is 5.91 Å². The van der Waals surface area contributed by atoms with E-state index >= 15 is 0 Å². The number of amides is 1. The molecule has 3 rings (SSSR count). The molecule has 0 aliphatic carbocycles. The van der Waals surface area contributed by atoms with Crippen LogP contribution in [0.1, 0.15) is 29.0 Å². The van der Waals surface area contributed by atoms with Crippen molar-refractivity contribution < 1.29 is 9.90 Å². The average Bonchev–Trinajstić information content (AvgIpc) is 3.15. The summed E-state index contributed by atoms with van der Waals surface area (Å²) in [6, 6.07) is 10.6. The summed E-state index contributed by atoms with van der Waals surface area (Å²) in [6.07, 6.45) is 4.58. The first-order valence-electron chi connectivity index (χ1n) is 7.44. The molecule has 0 saturated heterocycles. The fraction of sp³-hybridized carbons (Fsp3) is 0.176. The van der Waals surface area contributed by atoms with Crippen molar-refractivity contribution in [1.29, 1.82) is 0 Å². The highest BCUT2D eigenvalue weighted by Gasteiger charge is 2.22. The highest BCUT2D eigenvalue weighted by Crippen LogP contribution is 2.23. The molecule has 1 amide bonds. The summed E-state index contributed by atoms with van der Waals surface area (Å²) in [7, 11) is 1.69. The summed E-state index contributed by atoms with van der Waals surface area (Å²) in [5, 5.41) is 13.9. The Morgan fingerprint density at radius 3 is 2.62 bits per heavy atom. The van der Waals surface area contributed by atoms with E-state index in [4.69, 9.17) is 0 Å². The molecule has 7 heteroatoms. The van der Waals surface area contributed by atoms with E-state index in [0.717, 1.165) is 11.3 Å². The number of rotatable bonds is 4. The predicted molar refractivity (Wildman–Crippen MR) is 87.8 cm³/mol. The van der Waals surface area contributed by atoms with E-state index in [1.807, 2.05) is 31.2 Å². The van der Waals surface area contributed by atoms with Crippen molar-refractivity contribution in [1.82, 2.24) is 24.6 Å². The number of carbonyl (C=O) groups is 1. The summed E-state index contributed by atoms with van der Waals surface area (Å²) in [5.74, 6) is -0.455. The second-order valence-electron chi connectivity index (χ2n) is 5.39. The van der Waals surface area contributed by atoms with E-state index in [9.17, 15) is 9.90 Å². The van der Waals surface area contributed by atoms with Crippen LogP contribution in [0.5, 0.6) is 5.75 Å². The number of hydrogen-bond acceptors (Lipinski definition) is 5. The highest BCUT2D eigenvalue weighted by atomic mass is 16.3. The largest absolute Gasteiger partial charge is 0.505 e. The molecule has 0 spiro atoms. The van der Waals surface area contributed by atoms with Crippen LogP contribution in [0.25, 0.3) is 5.69 Å². The lowest BCUT2D eigenvalue weighted by molar-refractivity contribution is 0.0733. The number of aromatic hydroxyl groups is 1. The van der Waals surface area contributed by atoms with Gasteiger partial charge < -0.3 is 10.0 Å². The van der Waals surface area contributed by atoms with Gasteiger partial charge in [-0.05, 0) is 36.8 Å². The minimum absolute atomic E-state index is 0.0473. The lowest BCUT2D eigenvalue weighted by Crippen LogP contribution is -2.30. The van der Waals surface area contributed by atoms with E-state index in [0.29, 0.717) is 0 Å². The molecule has 0 radical (unpaired) electrons. The summed E-state index contributed by atoms with van der Waals surface area (Å²) in [5.41, 5.74) is 1.90. The summed E-state index contributed by atoms with van der Waals surface area (Å²) in [6.45, 7) is 1.92. The number of benzene rings is 1. The monoisotopic (exact) mass is 323 g/mol. The van der Waals surface area contributed by atoms with Crippen molar-refractivity contribution in [3.8, 4) is 11.4 Å². The number of carbonyl (C=O) groups excluding carboxylic acids is 1. The zero-order valence-corrected chi connectivity index (χ0v) is 13.4. The van der Waals surface area contributed by atoms with E-state index in [-0.39, 0.29) is 23.4 Å². The normalized spacial score (nSPS) is 11.9. The van der Waals surface area contributed by atoms with Crippen LogP contribution in [0.15, 0.2) is 55.2 Å². The van der Waals surface area contributed by atoms with Gasteiger partial charge in [0.1, 0.15) is 18.4 Å². The van der Waals surface area contributed by atoms with Crippen molar-refractivity contribution >= 4 is 5.91 Å². The fourth-order valence-corrected chi connectivity index (χ4v) is 2.38. The first-order chi connectivity index (χ1) is 11.6. The third-order valence-electron chi connectivity index (χ3n) is 3.95. The zero-order chi connectivity index (χ0) is 17.1. The van der Waals surface area contributed by atoms with Crippen molar-refractivity contribution in [3.05, 3.63) is 66.5 Å².